The molecular formula is C19H21NO3. The van der Waals surface area contributed by atoms with Crippen molar-refractivity contribution >= 4 is 23.3 Å². The monoisotopic (exact) mass is 311 g/mol. The molecule has 0 unspecified atom stereocenters. The van der Waals surface area contributed by atoms with E-state index in [2.05, 4.69) is 13.8 Å². The number of hydrogen-bond acceptors (Lipinski definition) is 3. The molecule has 4 fully saturated rings. The van der Waals surface area contributed by atoms with E-state index in [1.807, 2.05) is 24.3 Å². The quantitative estimate of drug-likeness (QED) is 0.789. The number of hydrogen-bond donors (Lipinski definition) is 0. The third kappa shape index (κ3) is 2.00. The lowest BCUT2D eigenvalue weighted by Crippen LogP contribution is -2.46. The van der Waals surface area contributed by atoms with Gasteiger partial charge in [-0.2, -0.15) is 0 Å². The zero-order chi connectivity index (χ0) is 16.3. The molecule has 4 aliphatic rings. The number of fused-ring (bicyclic) bond motifs is 2. The van der Waals surface area contributed by atoms with Crippen molar-refractivity contribution in [2.24, 2.45) is 23.7 Å². The van der Waals surface area contributed by atoms with Crippen LogP contribution in [0.4, 0.5) is 5.69 Å². The topological polar surface area (TPSA) is 54.5 Å². The summed E-state index contributed by atoms with van der Waals surface area (Å²) in [5.41, 5.74) is 1.77. The van der Waals surface area contributed by atoms with E-state index in [9.17, 15) is 14.4 Å². The van der Waals surface area contributed by atoms with Crippen molar-refractivity contribution in [3.05, 3.63) is 29.8 Å². The highest BCUT2D eigenvalue weighted by atomic mass is 16.2. The van der Waals surface area contributed by atoms with Crippen LogP contribution in [0.15, 0.2) is 24.3 Å². The zero-order valence-electron chi connectivity index (χ0n) is 13.5. The third-order valence-corrected chi connectivity index (χ3v) is 5.86. The maximum absolute atomic E-state index is 12.9. The second-order valence-electron chi connectivity index (χ2n) is 7.43. The Balaban J connectivity index is 1.74. The molecule has 4 atom stereocenters. The lowest BCUT2D eigenvalue weighted by atomic mass is 9.59. The van der Waals surface area contributed by atoms with Gasteiger partial charge in [-0.1, -0.05) is 26.0 Å². The van der Waals surface area contributed by atoms with Gasteiger partial charge in [-0.25, -0.2) is 0 Å². The van der Waals surface area contributed by atoms with E-state index >= 15 is 0 Å². The number of nitrogens with zero attached hydrogens (tertiary/aromatic N) is 1. The molecule has 0 spiro atoms. The second kappa shape index (κ2) is 5.02. The first kappa shape index (κ1) is 14.6. The van der Waals surface area contributed by atoms with Gasteiger partial charge < -0.3 is 0 Å². The van der Waals surface area contributed by atoms with Gasteiger partial charge in [-0.05, 0) is 42.4 Å². The van der Waals surface area contributed by atoms with Gasteiger partial charge in [-0.3, -0.25) is 19.3 Å². The van der Waals surface area contributed by atoms with Crippen LogP contribution in [0.1, 0.15) is 44.6 Å². The third-order valence-electron chi connectivity index (χ3n) is 5.86. The molecule has 1 aromatic carbocycles. The molecule has 1 aliphatic heterocycles. The van der Waals surface area contributed by atoms with Crippen LogP contribution in [-0.2, 0) is 14.4 Å². The minimum absolute atomic E-state index is 0.0623. The summed E-state index contributed by atoms with van der Waals surface area (Å²) in [6.07, 6.45) is 2.14. The number of imide groups is 1. The highest BCUT2D eigenvalue weighted by molar-refractivity contribution is 6.23. The predicted octanol–water partition coefficient (Wildman–Crippen LogP) is 2.91. The first-order valence-corrected chi connectivity index (χ1v) is 8.49. The molecule has 1 aromatic rings. The molecular weight excluding hydrogens is 290 g/mol. The van der Waals surface area contributed by atoms with Crippen LogP contribution in [0, 0.1) is 23.7 Å². The van der Waals surface area contributed by atoms with Crippen molar-refractivity contribution in [3.8, 4) is 0 Å². The minimum atomic E-state index is -0.412. The van der Waals surface area contributed by atoms with E-state index in [1.165, 1.54) is 4.90 Å². The Morgan fingerprint density at radius 2 is 1.78 bits per heavy atom. The highest BCUT2D eigenvalue weighted by Crippen LogP contribution is 2.52. The van der Waals surface area contributed by atoms with Gasteiger partial charge in [0.15, 0.2) is 0 Å². The number of carbonyl (C=O) groups excluding carboxylic acids is 3. The van der Waals surface area contributed by atoms with Crippen LogP contribution in [0.3, 0.4) is 0 Å². The Kier molecular flexibility index (Phi) is 3.19. The summed E-state index contributed by atoms with van der Waals surface area (Å²) in [5.74, 6) is -0.602. The summed E-state index contributed by atoms with van der Waals surface area (Å²) in [7, 11) is 0. The molecule has 23 heavy (non-hydrogen) atoms. The Morgan fingerprint density at radius 3 is 2.48 bits per heavy atom. The largest absolute Gasteiger partial charge is 0.299 e. The number of benzene rings is 1. The number of carbonyl (C=O) groups is 3. The Labute approximate surface area is 135 Å². The van der Waals surface area contributed by atoms with Crippen molar-refractivity contribution in [2.45, 2.75) is 39.0 Å². The number of Topliss-reactive ketones (excluding diaryl/α,β-unsaturated/α-hetero) is 1. The van der Waals surface area contributed by atoms with Crippen LogP contribution < -0.4 is 4.90 Å². The smallest absolute Gasteiger partial charge is 0.238 e. The van der Waals surface area contributed by atoms with Crippen LogP contribution in [0.5, 0.6) is 0 Å². The van der Waals surface area contributed by atoms with Crippen LogP contribution in [0.25, 0.3) is 0 Å². The fraction of sp³-hybridized carbons (Fsp3) is 0.526. The van der Waals surface area contributed by atoms with Crippen molar-refractivity contribution in [2.75, 3.05) is 4.90 Å². The standard InChI is InChI=1S/C19H21NO3/c1-10(2)11-4-3-5-13(8-11)20-18(22)16-12-6-7-14(15(21)9-12)17(16)19(20)23/h3-5,8,10,12,14,16-17H,6-7,9H2,1-2H3/t12-,14+,16+,17-/m1/s1. The molecule has 5 rings (SSSR count). The van der Waals surface area contributed by atoms with Crippen LogP contribution >= 0.6 is 0 Å². The molecule has 0 N–H and O–H groups in total. The highest BCUT2D eigenvalue weighted by Gasteiger charge is 2.60. The van der Waals surface area contributed by atoms with Crippen molar-refractivity contribution in [1.29, 1.82) is 0 Å². The first-order chi connectivity index (χ1) is 11.0. The van der Waals surface area contributed by atoms with E-state index in [0.29, 0.717) is 18.0 Å². The van der Waals surface area contributed by atoms with Crippen molar-refractivity contribution in [3.63, 3.8) is 0 Å². The van der Waals surface area contributed by atoms with Gasteiger partial charge in [0.1, 0.15) is 5.78 Å². The molecule has 2 bridgehead atoms. The van der Waals surface area contributed by atoms with Gasteiger partial charge in [-0.15, -0.1) is 0 Å². The molecule has 4 nitrogen and oxygen atoms in total. The lowest BCUT2D eigenvalue weighted by molar-refractivity contribution is -0.143. The summed E-state index contributed by atoms with van der Waals surface area (Å²) in [6, 6.07) is 7.66. The number of rotatable bonds is 2. The molecule has 0 aromatic heterocycles. The van der Waals surface area contributed by atoms with E-state index in [-0.39, 0.29) is 35.4 Å². The molecule has 120 valence electrons. The summed E-state index contributed by atoms with van der Waals surface area (Å²) in [6.45, 7) is 4.18. The summed E-state index contributed by atoms with van der Waals surface area (Å²) >= 11 is 0. The fourth-order valence-electron chi connectivity index (χ4n) is 4.66. The van der Waals surface area contributed by atoms with Gasteiger partial charge in [0.25, 0.3) is 0 Å². The summed E-state index contributed by atoms with van der Waals surface area (Å²) in [5, 5.41) is 0. The molecule has 1 saturated heterocycles. The minimum Gasteiger partial charge on any atom is -0.299 e. The maximum atomic E-state index is 12.9. The molecule has 3 saturated carbocycles. The van der Waals surface area contributed by atoms with E-state index in [0.717, 1.165) is 18.4 Å². The second-order valence-corrected chi connectivity index (χ2v) is 7.43. The summed E-state index contributed by atoms with van der Waals surface area (Å²) in [4.78, 5) is 39.3. The first-order valence-electron chi connectivity index (χ1n) is 8.49. The van der Waals surface area contributed by atoms with Crippen LogP contribution in [0.2, 0.25) is 0 Å². The van der Waals surface area contributed by atoms with E-state index < -0.39 is 5.92 Å². The lowest BCUT2D eigenvalue weighted by Gasteiger charge is -2.41. The zero-order valence-corrected chi connectivity index (χ0v) is 13.5. The summed E-state index contributed by atoms with van der Waals surface area (Å²) < 4.78 is 0. The van der Waals surface area contributed by atoms with Crippen LogP contribution in [-0.4, -0.2) is 17.6 Å². The Hall–Kier alpha value is -1.97. The van der Waals surface area contributed by atoms with Crippen molar-refractivity contribution in [1.82, 2.24) is 0 Å². The molecule has 0 radical (unpaired) electrons. The Bertz CT molecular complexity index is 708. The average Bonchev–Trinajstić information content (AvgIpc) is 2.81. The molecule has 3 aliphatic carbocycles. The normalized spacial score (nSPS) is 32.8. The maximum Gasteiger partial charge on any atom is 0.238 e. The van der Waals surface area contributed by atoms with Crippen molar-refractivity contribution < 1.29 is 14.4 Å². The van der Waals surface area contributed by atoms with Gasteiger partial charge in [0, 0.05) is 12.3 Å². The number of anilines is 1. The average molecular weight is 311 g/mol. The number of amides is 2. The number of ketones is 1. The van der Waals surface area contributed by atoms with Gasteiger partial charge >= 0.3 is 0 Å². The van der Waals surface area contributed by atoms with Gasteiger partial charge in [0.05, 0.1) is 17.5 Å². The predicted molar refractivity (Wildman–Crippen MR) is 85.8 cm³/mol. The molecule has 2 amide bonds. The SMILES string of the molecule is CC(C)c1cccc(N2C(=O)[C@H]3[C@@H]4CC[C@@H](C(=O)C4)[C@H]3C2=O)c1. The molecule has 1 heterocycles. The fourth-order valence-corrected chi connectivity index (χ4v) is 4.66. The van der Waals surface area contributed by atoms with Gasteiger partial charge in [0.2, 0.25) is 11.8 Å². The Morgan fingerprint density at radius 1 is 1.04 bits per heavy atom. The molecule has 4 heteroatoms. The van der Waals surface area contributed by atoms with E-state index in [1.54, 1.807) is 0 Å². The van der Waals surface area contributed by atoms with E-state index in [4.69, 9.17) is 0 Å².